The van der Waals surface area contributed by atoms with Crippen molar-refractivity contribution in [3.63, 3.8) is 0 Å². The van der Waals surface area contributed by atoms with Gasteiger partial charge in [0.05, 0.1) is 38.0 Å². The Bertz CT molecular complexity index is 2310. The summed E-state index contributed by atoms with van der Waals surface area (Å²) in [5.74, 6) is -3.17. The largest absolute Gasteiger partial charge is 0.392 e. The molecule has 0 spiro atoms. The second kappa shape index (κ2) is 15.7. The Labute approximate surface area is 337 Å². The van der Waals surface area contributed by atoms with Gasteiger partial charge in [-0.25, -0.2) is 44.4 Å². The summed E-state index contributed by atoms with van der Waals surface area (Å²) >= 11 is 0. The van der Waals surface area contributed by atoms with Crippen LogP contribution in [0.2, 0.25) is 0 Å². The molecule has 2 aliphatic carbocycles. The lowest BCUT2D eigenvalue weighted by Gasteiger charge is -2.30. The van der Waals surface area contributed by atoms with Crippen LogP contribution in [0.15, 0.2) is 46.2 Å². The summed E-state index contributed by atoms with van der Waals surface area (Å²) in [6.45, 7) is 13.8. The lowest BCUT2D eigenvalue weighted by atomic mass is 9.86. The minimum absolute atomic E-state index is 0.00841. The summed E-state index contributed by atoms with van der Waals surface area (Å²) in [7, 11) is -2.09. The van der Waals surface area contributed by atoms with Crippen LogP contribution in [-0.4, -0.2) is 76.4 Å². The number of alkyl halides is 4. The van der Waals surface area contributed by atoms with Crippen molar-refractivity contribution in [2.45, 2.75) is 151 Å². The van der Waals surface area contributed by atoms with Crippen molar-refractivity contribution in [3.8, 4) is 0 Å². The van der Waals surface area contributed by atoms with Gasteiger partial charge in [-0.05, 0) is 80.3 Å². The molecule has 0 radical (unpaired) electrons. The maximum Gasteiger partial charge on any atom is 0.261 e. The van der Waals surface area contributed by atoms with Crippen LogP contribution in [0.4, 0.5) is 17.6 Å². The molecule has 1 saturated heterocycles. The number of β-amino-alcohol motifs (C(OH)–C–C–N with tert-alkyl or cyclic N) is 1. The standard InChI is InChI=1S/C22H31F2N3O3S.C18H23ClF2N2O2S/c1-21(2,3)20-25-18-12-17(31(29,30)26-11-8-16(28)14-26)4-5-19(18)27(20)13-15-6-9-22(23,24)10-7-15;1-17(2,3)16-22-14-10-13(26(19,24)25)4-5-15(14)23(16)11-12-6-8-18(20,21)9-7-12/h4-5,12,15-16,28H,6-11,13-14H2,1-3H3;4-5,10,12H,6-9,11H2,1-3H3/t16-;/m1./s1. The fourth-order valence-corrected chi connectivity index (χ4v) is 10.5. The van der Waals surface area contributed by atoms with Gasteiger partial charge in [0.1, 0.15) is 11.6 Å². The molecule has 0 bridgehead atoms. The Hall–Kier alpha value is -2.79. The van der Waals surface area contributed by atoms with E-state index in [2.05, 4.69) is 9.55 Å². The first kappa shape index (κ1) is 43.8. The minimum atomic E-state index is -3.83. The smallest absolute Gasteiger partial charge is 0.261 e. The average molecular weight is 860 g/mol. The monoisotopic (exact) mass is 859 g/mol. The Morgan fingerprint density at radius 2 is 1.11 bits per heavy atom. The number of aromatic nitrogens is 4. The molecule has 4 aromatic rings. The topological polar surface area (TPSA) is 127 Å². The minimum Gasteiger partial charge on any atom is -0.392 e. The lowest BCUT2D eigenvalue weighted by Crippen LogP contribution is -2.29. The van der Waals surface area contributed by atoms with E-state index in [0.717, 1.165) is 22.7 Å². The first-order valence-electron chi connectivity index (χ1n) is 19.6. The summed E-state index contributed by atoms with van der Waals surface area (Å²) in [4.78, 5) is 9.59. The molecule has 3 fully saturated rings. The molecule has 0 amide bonds. The number of aliphatic hydroxyl groups excluding tert-OH is 1. The van der Waals surface area contributed by atoms with Crippen LogP contribution in [0.3, 0.4) is 0 Å². The summed E-state index contributed by atoms with van der Waals surface area (Å²) in [5, 5.41) is 9.73. The zero-order valence-corrected chi connectivity index (χ0v) is 35.8. The number of hydrogen-bond donors (Lipinski definition) is 1. The van der Waals surface area contributed by atoms with Crippen molar-refractivity contribution in [2.24, 2.45) is 11.8 Å². The van der Waals surface area contributed by atoms with Gasteiger partial charge < -0.3 is 14.2 Å². The van der Waals surface area contributed by atoms with E-state index in [1.807, 2.05) is 46.1 Å². The van der Waals surface area contributed by atoms with E-state index < -0.39 is 37.0 Å². The molecule has 10 nitrogen and oxygen atoms in total. The van der Waals surface area contributed by atoms with Crippen molar-refractivity contribution < 1.29 is 39.5 Å². The van der Waals surface area contributed by atoms with E-state index in [4.69, 9.17) is 15.7 Å². The molecule has 7 rings (SSSR count). The molecule has 2 saturated carbocycles. The zero-order valence-electron chi connectivity index (χ0n) is 33.4. The number of fused-ring (bicyclic) bond motifs is 2. The Morgan fingerprint density at radius 1 is 0.702 bits per heavy atom. The average Bonchev–Trinajstić information content (AvgIpc) is 3.81. The van der Waals surface area contributed by atoms with Crippen LogP contribution in [0.1, 0.15) is 111 Å². The molecule has 2 aromatic heterocycles. The molecule has 3 aliphatic rings. The normalized spacial score (nSPS) is 21.6. The number of sulfonamides is 1. The quantitative estimate of drug-likeness (QED) is 0.145. The van der Waals surface area contributed by atoms with Crippen LogP contribution in [0.5, 0.6) is 0 Å². The van der Waals surface area contributed by atoms with Gasteiger partial charge in [-0.15, -0.1) is 0 Å². The zero-order chi connectivity index (χ0) is 41.9. The number of aliphatic hydroxyl groups is 1. The summed E-state index contributed by atoms with van der Waals surface area (Å²) < 4.78 is 109. The van der Waals surface area contributed by atoms with Gasteiger partial charge in [-0.3, -0.25) is 0 Å². The third-order valence-electron chi connectivity index (χ3n) is 11.4. The van der Waals surface area contributed by atoms with Gasteiger partial charge in [-0.2, -0.15) is 4.31 Å². The van der Waals surface area contributed by atoms with Crippen molar-refractivity contribution in [2.75, 3.05) is 13.1 Å². The third kappa shape index (κ3) is 9.99. The second-order valence-electron chi connectivity index (χ2n) is 18.2. The summed E-state index contributed by atoms with van der Waals surface area (Å²) in [5.41, 5.74) is 2.22. The number of hydrogen-bond acceptors (Lipinski definition) is 7. The van der Waals surface area contributed by atoms with Gasteiger partial charge in [0, 0.05) is 73.4 Å². The maximum absolute atomic E-state index is 13.6. The number of rotatable bonds is 7. The first-order valence-corrected chi connectivity index (χ1v) is 23.4. The molecule has 1 N–H and O–H groups in total. The highest BCUT2D eigenvalue weighted by Crippen LogP contribution is 2.40. The van der Waals surface area contributed by atoms with E-state index in [1.54, 1.807) is 24.3 Å². The van der Waals surface area contributed by atoms with E-state index in [9.17, 15) is 39.5 Å². The fourth-order valence-electron chi connectivity index (χ4n) is 8.21. The highest BCUT2D eigenvalue weighted by Gasteiger charge is 2.38. The maximum atomic E-state index is 13.6. The first-order chi connectivity index (χ1) is 26.2. The van der Waals surface area contributed by atoms with Crippen LogP contribution in [0.25, 0.3) is 22.1 Å². The van der Waals surface area contributed by atoms with Crippen molar-refractivity contribution in [3.05, 3.63) is 48.0 Å². The molecule has 1 atom stereocenters. The van der Waals surface area contributed by atoms with Crippen LogP contribution >= 0.6 is 10.7 Å². The van der Waals surface area contributed by atoms with Gasteiger partial charge in [0.15, 0.2) is 0 Å². The number of halogens is 5. The predicted molar refractivity (Wildman–Crippen MR) is 213 cm³/mol. The van der Waals surface area contributed by atoms with E-state index in [0.29, 0.717) is 62.8 Å². The Morgan fingerprint density at radius 3 is 1.47 bits per heavy atom. The van der Waals surface area contributed by atoms with Gasteiger partial charge >= 0.3 is 0 Å². The molecular formula is C40H54ClF4N5O5S2. The van der Waals surface area contributed by atoms with Crippen molar-refractivity contribution in [1.29, 1.82) is 0 Å². The number of nitrogens with zero attached hydrogens (tertiary/aromatic N) is 5. The van der Waals surface area contributed by atoms with Crippen molar-refractivity contribution >= 4 is 51.8 Å². The summed E-state index contributed by atoms with van der Waals surface area (Å²) in [6.07, 6.45) is 1.37. The lowest BCUT2D eigenvalue weighted by molar-refractivity contribution is -0.0478. The SMILES string of the molecule is CC(C)(C)c1nc2cc(S(=O)(=O)Cl)ccc2n1CC1CCC(F)(F)CC1.CC(C)(C)c1nc2cc(S(=O)(=O)N3CC[C@@H](O)C3)ccc2n1CC1CCC(F)(F)CC1. The Kier molecular flexibility index (Phi) is 12.0. The Balaban J connectivity index is 0.000000196. The van der Waals surface area contributed by atoms with E-state index in [1.165, 1.54) is 16.4 Å². The molecule has 0 unspecified atom stereocenters. The fraction of sp³-hybridized carbons (Fsp3) is 0.650. The number of benzene rings is 2. The molecule has 3 heterocycles. The molecule has 2 aromatic carbocycles. The van der Waals surface area contributed by atoms with Gasteiger partial charge in [0.25, 0.3) is 9.05 Å². The van der Waals surface area contributed by atoms with Crippen LogP contribution < -0.4 is 0 Å². The second-order valence-corrected chi connectivity index (χ2v) is 22.7. The van der Waals surface area contributed by atoms with E-state index >= 15 is 0 Å². The van der Waals surface area contributed by atoms with Crippen molar-refractivity contribution in [1.82, 2.24) is 23.4 Å². The highest BCUT2D eigenvalue weighted by atomic mass is 35.7. The van der Waals surface area contributed by atoms with Gasteiger partial charge in [-0.1, -0.05) is 41.5 Å². The summed E-state index contributed by atoms with van der Waals surface area (Å²) in [6, 6.07) is 9.58. The molecule has 57 heavy (non-hydrogen) atoms. The predicted octanol–water partition coefficient (Wildman–Crippen LogP) is 9.00. The molecule has 316 valence electrons. The molecule has 1 aliphatic heterocycles. The third-order valence-corrected chi connectivity index (χ3v) is 14.6. The van der Waals surface area contributed by atoms with E-state index in [-0.39, 0.29) is 64.7 Å². The van der Waals surface area contributed by atoms with Crippen LogP contribution in [0, 0.1) is 11.8 Å². The van der Waals surface area contributed by atoms with Gasteiger partial charge in [0.2, 0.25) is 21.9 Å². The number of imidazole rings is 2. The molecular weight excluding hydrogens is 806 g/mol. The highest BCUT2D eigenvalue weighted by molar-refractivity contribution is 8.13. The van der Waals surface area contributed by atoms with Crippen LogP contribution in [-0.2, 0) is 43.0 Å². The molecule has 17 heteroatoms.